The topological polar surface area (TPSA) is 66.4 Å². The van der Waals surface area contributed by atoms with Crippen molar-refractivity contribution in [2.75, 3.05) is 6.54 Å². The van der Waals surface area contributed by atoms with Crippen LogP contribution in [0, 0.1) is 0 Å². The van der Waals surface area contributed by atoms with Crippen molar-refractivity contribution in [3.63, 3.8) is 0 Å². The Balaban J connectivity index is 3.88. The maximum absolute atomic E-state index is 11.0. The first-order chi connectivity index (χ1) is 5.57. The molecule has 0 saturated carbocycles. The number of carboxylic acids is 1. The average molecular weight is 171 g/mol. The number of carboxylic acid groups (broad SMARTS) is 1. The Morgan fingerprint density at radius 3 is 2.50 bits per heavy atom. The minimum absolute atomic E-state index is 0.320. The van der Waals surface area contributed by atoms with Gasteiger partial charge >= 0.3 is 5.97 Å². The van der Waals surface area contributed by atoms with Crippen molar-refractivity contribution in [3.05, 3.63) is 11.6 Å². The van der Waals surface area contributed by atoms with E-state index in [4.69, 9.17) is 5.11 Å². The number of aliphatic carboxylic acids is 1. The summed E-state index contributed by atoms with van der Waals surface area (Å²) in [6.45, 7) is 3.24. The number of rotatable bonds is 4. The maximum Gasteiger partial charge on any atom is 0.322 e. The molecule has 0 aliphatic heterocycles. The third-order valence-corrected chi connectivity index (χ3v) is 1.27. The third-order valence-electron chi connectivity index (χ3n) is 1.27. The Hall–Kier alpha value is -1.32. The molecule has 0 unspecified atom stereocenters. The van der Waals surface area contributed by atoms with E-state index < -0.39 is 5.97 Å². The van der Waals surface area contributed by atoms with Gasteiger partial charge in [-0.05, 0) is 13.3 Å². The number of hydrogen-bond donors (Lipinski definition) is 2. The number of amides is 1. The molecule has 0 radical (unpaired) electrons. The maximum atomic E-state index is 11.0. The highest BCUT2D eigenvalue weighted by atomic mass is 16.4. The van der Waals surface area contributed by atoms with Gasteiger partial charge < -0.3 is 10.4 Å². The molecular formula is C8H13NO3. The van der Waals surface area contributed by atoms with Crippen molar-refractivity contribution >= 4 is 11.9 Å². The SMILES string of the molecule is CC/C=C(\C)C(=O)NCC(=O)O. The van der Waals surface area contributed by atoms with Crippen LogP contribution in [-0.2, 0) is 9.59 Å². The second kappa shape index (κ2) is 5.35. The first-order valence-corrected chi connectivity index (χ1v) is 3.74. The third kappa shape index (κ3) is 4.49. The van der Waals surface area contributed by atoms with Crippen LogP contribution in [0.3, 0.4) is 0 Å². The Bertz CT molecular complexity index is 208. The lowest BCUT2D eigenvalue weighted by atomic mass is 10.2. The van der Waals surface area contributed by atoms with E-state index in [2.05, 4.69) is 5.32 Å². The largest absolute Gasteiger partial charge is 0.480 e. The van der Waals surface area contributed by atoms with Crippen LogP contribution < -0.4 is 5.32 Å². The van der Waals surface area contributed by atoms with Gasteiger partial charge in [-0.2, -0.15) is 0 Å². The number of hydrogen-bond acceptors (Lipinski definition) is 2. The summed E-state index contributed by atoms with van der Waals surface area (Å²) in [5, 5.41) is 10.5. The minimum atomic E-state index is -1.03. The minimum Gasteiger partial charge on any atom is -0.480 e. The number of carbonyl (C=O) groups is 2. The molecule has 0 spiro atoms. The van der Waals surface area contributed by atoms with Crippen LogP contribution in [0.15, 0.2) is 11.6 Å². The van der Waals surface area contributed by atoms with Gasteiger partial charge in [-0.15, -0.1) is 0 Å². The van der Waals surface area contributed by atoms with Gasteiger partial charge in [0.25, 0.3) is 0 Å². The molecule has 12 heavy (non-hydrogen) atoms. The summed E-state index contributed by atoms with van der Waals surface area (Å²) in [6, 6.07) is 0. The van der Waals surface area contributed by atoms with Gasteiger partial charge in [0.1, 0.15) is 6.54 Å². The molecule has 0 bridgehead atoms. The summed E-state index contributed by atoms with van der Waals surface area (Å²) in [4.78, 5) is 21.0. The first kappa shape index (κ1) is 10.7. The van der Waals surface area contributed by atoms with Gasteiger partial charge in [0, 0.05) is 5.57 Å². The lowest BCUT2D eigenvalue weighted by Crippen LogP contribution is -2.29. The van der Waals surface area contributed by atoms with Crippen LogP contribution in [0.4, 0.5) is 0 Å². The molecule has 4 heteroatoms. The lowest BCUT2D eigenvalue weighted by molar-refractivity contribution is -0.137. The van der Waals surface area contributed by atoms with Crippen molar-refractivity contribution in [3.8, 4) is 0 Å². The van der Waals surface area contributed by atoms with Gasteiger partial charge in [0.15, 0.2) is 0 Å². The highest BCUT2D eigenvalue weighted by Gasteiger charge is 2.04. The van der Waals surface area contributed by atoms with E-state index in [0.29, 0.717) is 5.57 Å². The molecule has 0 aliphatic rings. The van der Waals surface area contributed by atoms with E-state index in [9.17, 15) is 9.59 Å². The quantitative estimate of drug-likeness (QED) is 0.607. The Labute approximate surface area is 71.3 Å². The van der Waals surface area contributed by atoms with Crippen molar-refractivity contribution in [2.24, 2.45) is 0 Å². The Morgan fingerprint density at radius 2 is 2.08 bits per heavy atom. The summed E-state index contributed by atoms with van der Waals surface area (Å²) in [5.41, 5.74) is 0.554. The van der Waals surface area contributed by atoms with Gasteiger partial charge in [0.05, 0.1) is 0 Å². The number of allylic oxidation sites excluding steroid dienone is 1. The van der Waals surface area contributed by atoms with Crippen LogP contribution in [0.5, 0.6) is 0 Å². The van der Waals surface area contributed by atoms with E-state index in [0.717, 1.165) is 6.42 Å². The smallest absolute Gasteiger partial charge is 0.322 e. The fraction of sp³-hybridized carbons (Fsp3) is 0.500. The summed E-state index contributed by atoms with van der Waals surface area (Å²) in [7, 11) is 0. The summed E-state index contributed by atoms with van der Waals surface area (Å²) in [5.74, 6) is -1.35. The van der Waals surface area contributed by atoms with Crippen molar-refractivity contribution in [1.29, 1.82) is 0 Å². The zero-order valence-corrected chi connectivity index (χ0v) is 7.26. The second-order valence-electron chi connectivity index (χ2n) is 2.37. The highest BCUT2D eigenvalue weighted by molar-refractivity contribution is 5.94. The number of carbonyl (C=O) groups excluding carboxylic acids is 1. The van der Waals surface area contributed by atoms with E-state index in [1.807, 2.05) is 6.92 Å². The van der Waals surface area contributed by atoms with E-state index >= 15 is 0 Å². The molecule has 4 nitrogen and oxygen atoms in total. The highest BCUT2D eigenvalue weighted by Crippen LogP contribution is 1.93. The van der Waals surface area contributed by atoms with Crippen molar-refractivity contribution in [2.45, 2.75) is 20.3 Å². The monoisotopic (exact) mass is 171 g/mol. The average Bonchev–Trinajstić information content (AvgIpc) is 2.00. The standard InChI is InChI=1S/C8H13NO3/c1-3-4-6(2)8(12)9-5-7(10)11/h4H,3,5H2,1-2H3,(H,9,12)(H,10,11)/b6-4+. The van der Waals surface area contributed by atoms with E-state index in [-0.39, 0.29) is 12.5 Å². The Morgan fingerprint density at radius 1 is 1.50 bits per heavy atom. The molecule has 68 valence electrons. The summed E-state index contributed by atoms with van der Waals surface area (Å²) < 4.78 is 0. The molecule has 0 saturated heterocycles. The zero-order chi connectivity index (χ0) is 9.56. The molecule has 0 aromatic heterocycles. The van der Waals surface area contributed by atoms with Crippen LogP contribution in [-0.4, -0.2) is 23.5 Å². The lowest BCUT2D eigenvalue weighted by Gasteiger charge is -2.00. The predicted molar refractivity (Wildman–Crippen MR) is 44.7 cm³/mol. The van der Waals surface area contributed by atoms with Crippen LogP contribution in [0.25, 0.3) is 0 Å². The zero-order valence-electron chi connectivity index (χ0n) is 7.26. The fourth-order valence-corrected chi connectivity index (χ4v) is 0.694. The second-order valence-corrected chi connectivity index (χ2v) is 2.37. The number of nitrogens with one attached hydrogen (secondary N) is 1. The molecule has 1 amide bonds. The van der Waals surface area contributed by atoms with Crippen LogP contribution in [0.2, 0.25) is 0 Å². The summed E-state index contributed by atoms with van der Waals surface area (Å²) >= 11 is 0. The molecule has 0 fully saturated rings. The van der Waals surface area contributed by atoms with E-state index in [1.165, 1.54) is 0 Å². The Kier molecular flexibility index (Phi) is 4.76. The molecule has 0 aliphatic carbocycles. The van der Waals surface area contributed by atoms with Crippen molar-refractivity contribution in [1.82, 2.24) is 5.32 Å². The van der Waals surface area contributed by atoms with Gasteiger partial charge in [0.2, 0.25) is 5.91 Å². The van der Waals surface area contributed by atoms with Crippen molar-refractivity contribution < 1.29 is 14.7 Å². The fourth-order valence-electron chi connectivity index (χ4n) is 0.694. The van der Waals surface area contributed by atoms with Gasteiger partial charge in [-0.25, -0.2) is 0 Å². The predicted octanol–water partition coefficient (Wildman–Crippen LogP) is 0.544. The van der Waals surface area contributed by atoms with Crippen LogP contribution >= 0.6 is 0 Å². The van der Waals surface area contributed by atoms with E-state index in [1.54, 1.807) is 13.0 Å². The molecular weight excluding hydrogens is 158 g/mol. The molecule has 0 heterocycles. The molecule has 0 atom stereocenters. The van der Waals surface area contributed by atoms with Gasteiger partial charge in [-0.3, -0.25) is 9.59 Å². The normalized spacial score (nSPS) is 11.0. The molecule has 2 N–H and O–H groups in total. The summed E-state index contributed by atoms with van der Waals surface area (Å²) in [6.07, 6.45) is 2.52. The van der Waals surface area contributed by atoms with Gasteiger partial charge in [-0.1, -0.05) is 13.0 Å². The molecule has 0 aromatic rings. The molecule has 0 rings (SSSR count). The first-order valence-electron chi connectivity index (χ1n) is 3.74. The van der Waals surface area contributed by atoms with Crippen LogP contribution in [0.1, 0.15) is 20.3 Å². The molecule has 0 aromatic carbocycles.